The van der Waals surface area contributed by atoms with E-state index in [1.165, 1.54) is 5.56 Å². The molecule has 3 aromatic rings. The molecule has 0 aliphatic heterocycles. The van der Waals surface area contributed by atoms with Crippen molar-refractivity contribution >= 4 is 17.3 Å². The summed E-state index contributed by atoms with van der Waals surface area (Å²) in [6.45, 7) is 10.6. The quantitative estimate of drug-likeness (QED) is 0.308. The van der Waals surface area contributed by atoms with E-state index in [0.717, 1.165) is 22.5 Å². The Hall–Kier alpha value is -3.51. The lowest BCUT2D eigenvalue weighted by molar-refractivity contribution is -0.149. The topological polar surface area (TPSA) is 38.3 Å². The van der Waals surface area contributed by atoms with E-state index < -0.39 is 6.10 Å². The number of ether oxygens (including phenoxy) is 1. The average Bonchev–Trinajstić information content (AvgIpc) is 2.78. The summed E-state index contributed by atoms with van der Waals surface area (Å²) >= 11 is 0. The maximum absolute atomic E-state index is 13.3. The van der Waals surface area contributed by atoms with Gasteiger partial charge in [-0.3, -0.25) is 4.79 Å². The minimum Gasteiger partial charge on any atom is -0.444 e. The van der Waals surface area contributed by atoms with Crippen LogP contribution in [0.3, 0.4) is 0 Å². The molecule has 0 spiro atoms. The van der Waals surface area contributed by atoms with Crippen molar-refractivity contribution in [1.29, 1.82) is 0 Å². The van der Waals surface area contributed by atoms with Crippen LogP contribution in [0.25, 0.3) is 0 Å². The highest BCUT2D eigenvalue weighted by atomic mass is 16.5. The first-order valence-electron chi connectivity index (χ1n) is 11.4. The molecule has 3 rings (SSSR count). The van der Waals surface area contributed by atoms with Gasteiger partial charge in [0.15, 0.2) is 6.10 Å². The summed E-state index contributed by atoms with van der Waals surface area (Å²) in [5, 5.41) is 3.35. The smallest absolute Gasteiger partial charge is 0.315 e. The second-order valence-electron chi connectivity index (χ2n) is 9.69. The van der Waals surface area contributed by atoms with Crippen LogP contribution in [0.4, 0.5) is 11.4 Å². The second kappa shape index (κ2) is 10.4. The molecule has 0 aliphatic carbocycles. The number of carbonyl (C=O) groups excluding carboxylic acids is 1. The van der Waals surface area contributed by atoms with Crippen molar-refractivity contribution in [2.75, 3.05) is 5.32 Å². The molecule has 3 aromatic carbocycles. The Morgan fingerprint density at radius 3 is 2.09 bits per heavy atom. The van der Waals surface area contributed by atoms with E-state index in [2.05, 4.69) is 44.1 Å². The molecule has 33 heavy (non-hydrogen) atoms. The van der Waals surface area contributed by atoms with Gasteiger partial charge in [-0.1, -0.05) is 95.1 Å². The number of hydrogen-bond acceptors (Lipinski definition) is 3. The van der Waals surface area contributed by atoms with Gasteiger partial charge in [0.2, 0.25) is 0 Å². The minimum absolute atomic E-state index is 0.0553. The largest absolute Gasteiger partial charge is 0.444 e. The van der Waals surface area contributed by atoms with Crippen LogP contribution in [-0.2, 0) is 14.9 Å². The second-order valence-corrected chi connectivity index (χ2v) is 9.69. The number of terminal acetylenes is 1. The number of anilines is 2. The van der Waals surface area contributed by atoms with E-state index in [-0.39, 0.29) is 23.2 Å². The third-order valence-corrected chi connectivity index (χ3v) is 5.69. The zero-order valence-electron chi connectivity index (χ0n) is 20.1. The number of nitrogens with one attached hydrogen (secondary N) is 1. The van der Waals surface area contributed by atoms with Crippen molar-refractivity contribution in [2.24, 2.45) is 5.92 Å². The van der Waals surface area contributed by atoms with Crippen LogP contribution >= 0.6 is 0 Å². The van der Waals surface area contributed by atoms with Crippen LogP contribution in [-0.4, -0.2) is 5.97 Å². The Kier molecular flexibility index (Phi) is 7.61. The molecule has 2 atom stereocenters. The number of carbonyl (C=O) groups is 1. The lowest BCUT2D eigenvalue weighted by Crippen LogP contribution is -2.23. The maximum Gasteiger partial charge on any atom is 0.315 e. The van der Waals surface area contributed by atoms with Crippen molar-refractivity contribution in [3.8, 4) is 12.3 Å². The van der Waals surface area contributed by atoms with Crippen molar-refractivity contribution in [3.63, 3.8) is 0 Å². The predicted octanol–water partition coefficient (Wildman–Crippen LogP) is 7.39. The molecule has 0 saturated carbocycles. The van der Waals surface area contributed by atoms with Crippen molar-refractivity contribution in [1.82, 2.24) is 0 Å². The van der Waals surface area contributed by atoms with E-state index in [0.29, 0.717) is 0 Å². The van der Waals surface area contributed by atoms with Crippen LogP contribution in [0.15, 0.2) is 78.9 Å². The van der Waals surface area contributed by atoms with Crippen LogP contribution in [0, 0.1) is 18.3 Å². The molecule has 0 aliphatic rings. The van der Waals surface area contributed by atoms with Gasteiger partial charge in [-0.05, 0) is 46.7 Å². The third-order valence-electron chi connectivity index (χ3n) is 5.69. The Balaban J connectivity index is 1.79. The highest BCUT2D eigenvalue weighted by molar-refractivity contribution is 5.79. The number of benzene rings is 3. The molecule has 0 radical (unpaired) electrons. The summed E-state index contributed by atoms with van der Waals surface area (Å²) in [5.74, 6) is 2.02. The van der Waals surface area contributed by atoms with Gasteiger partial charge >= 0.3 is 5.97 Å². The molecular formula is C30H33NO2. The summed E-state index contributed by atoms with van der Waals surface area (Å²) in [6.07, 6.45) is 5.03. The number of esters is 1. The fourth-order valence-electron chi connectivity index (χ4n) is 3.84. The molecule has 170 valence electrons. The molecular weight excluding hydrogens is 406 g/mol. The number of para-hydroxylation sites is 1. The normalized spacial score (nSPS) is 13.1. The highest BCUT2D eigenvalue weighted by Gasteiger charge is 2.28. The zero-order valence-corrected chi connectivity index (χ0v) is 20.1. The molecule has 0 fully saturated rings. The Morgan fingerprint density at radius 1 is 0.879 bits per heavy atom. The van der Waals surface area contributed by atoms with Gasteiger partial charge in [-0.15, -0.1) is 6.42 Å². The molecule has 0 heterocycles. The minimum atomic E-state index is -0.759. The van der Waals surface area contributed by atoms with E-state index in [1.54, 1.807) is 0 Å². The summed E-state index contributed by atoms with van der Waals surface area (Å²) in [7, 11) is 0. The van der Waals surface area contributed by atoms with E-state index in [1.807, 2.05) is 80.6 Å². The summed E-state index contributed by atoms with van der Waals surface area (Å²) in [5.41, 5.74) is 4.84. The highest BCUT2D eigenvalue weighted by Crippen LogP contribution is 2.31. The van der Waals surface area contributed by atoms with Gasteiger partial charge in [0, 0.05) is 16.9 Å². The zero-order chi connectivity index (χ0) is 24.0. The monoisotopic (exact) mass is 439 g/mol. The van der Waals surface area contributed by atoms with E-state index in [4.69, 9.17) is 11.2 Å². The molecule has 0 aromatic heterocycles. The van der Waals surface area contributed by atoms with E-state index in [9.17, 15) is 4.79 Å². The van der Waals surface area contributed by atoms with Crippen LogP contribution < -0.4 is 5.32 Å². The van der Waals surface area contributed by atoms with Crippen LogP contribution in [0.2, 0.25) is 0 Å². The number of rotatable bonds is 7. The first-order valence-corrected chi connectivity index (χ1v) is 11.4. The van der Waals surface area contributed by atoms with Crippen LogP contribution in [0.1, 0.15) is 63.3 Å². The van der Waals surface area contributed by atoms with Crippen molar-refractivity contribution in [2.45, 2.75) is 52.1 Å². The fourth-order valence-corrected chi connectivity index (χ4v) is 3.84. The summed E-state index contributed by atoms with van der Waals surface area (Å²) in [6, 6.07) is 25.8. The lowest BCUT2D eigenvalue weighted by atomic mass is 9.83. The molecule has 2 unspecified atom stereocenters. The van der Waals surface area contributed by atoms with Gasteiger partial charge in [0.1, 0.15) is 0 Å². The molecule has 0 bridgehead atoms. The number of hydrogen-bond donors (Lipinski definition) is 1. The SMILES string of the molecule is C#CC(OC(=O)C(c1ccc(C(C)(C)C)cc1)C(C)C)c1cccc(Nc2ccccc2)c1. The third kappa shape index (κ3) is 6.26. The molecule has 0 saturated heterocycles. The van der Waals surface area contributed by atoms with Gasteiger partial charge in [0.25, 0.3) is 0 Å². The van der Waals surface area contributed by atoms with Crippen molar-refractivity contribution < 1.29 is 9.53 Å². The Labute approximate surface area is 198 Å². The Bertz CT molecular complexity index is 1100. The Morgan fingerprint density at radius 2 is 1.52 bits per heavy atom. The summed E-state index contributed by atoms with van der Waals surface area (Å²) < 4.78 is 5.86. The molecule has 0 amide bonds. The first-order chi connectivity index (χ1) is 15.7. The average molecular weight is 440 g/mol. The predicted molar refractivity (Wildman–Crippen MR) is 137 cm³/mol. The van der Waals surface area contributed by atoms with Crippen LogP contribution in [0.5, 0.6) is 0 Å². The van der Waals surface area contributed by atoms with Crippen molar-refractivity contribution in [3.05, 3.63) is 95.6 Å². The van der Waals surface area contributed by atoms with Gasteiger partial charge in [-0.25, -0.2) is 0 Å². The van der Waals surface area contributed by atoms with E-state index >= 15 is 0 Å². The van der Waals surface area contributed by atoms with Gasteiger partial charge in [0.05, 0.1) is 5.92 Å². The molecule has 3 heteroatoms. The molecule has 3 nitrogen and oxygen atoms in total. The van der Waals surface area contributed by atoms with Gasteiger partial charge in [-0.2, -0.15) is 0 Å². The summed E-state index contributed by atoms with van der Waals surface area (Å²) in [4.78, 5) is 13.3. The fraction of sp³-hybridized carbons (Fsp3) is 0.300. The standard InChI is InChI=1S/C30H33NO2/c1-7-27(23-12-11-15-26(20-23)31-25-13-9-8-10-14-25)33-29(32)28(21(2)3)22-16-18-24(19-17-22)30(4,5)6/h1,8-21,27-28,31H,2-6H3. The lowest BCUT2D eigenvalue weighted by Gasteiger charge is -2.24. The van der Waals surface area contributed by atoms with Gasteiger partial charge < -0.3 is 10.1 Å². The maximum atomic E-state index is 13.3. The molecule has 1 N–H and O–H groups in total. The first kappa shape index (κ1) is 24.1.